The minimum absolute atomic E-state index is 0.0637. The molecule has 0 radical (unpaired) electrons. The van der Waals surface area contributed by atoms with Crippen molar-refractivity contribution in [3.05, 3.63) is 21.2 Å². The zero-order chi connectivity index (χ0) is 8.43. The fourth-order valence-corrected chi connectivity index (χ4v) is 1.12. The van der Waals surface area contributed by atoms with E-state index in [4.69, 9.17) is 0 Å². The van der Waals surface area contributed by atoms with Gasteiger partial charge in [0.1, 0.15) is 0 Å². The van der Waals surface area contributed by atoms with E-state index in [1.54, 1.807) is 11.6 Å². The van der Waals surface area contributed by atoms with Gasteiger partial charge < -0.3 is 4.98 Å². The largest absolute Gasteiger partial charge is 0.326 e. The van der Waals surface area contributed by atoms with Crippen LogP contribution >= 0.6 is 0 Å². The molecule has 11 heavy (non-hydrogen) atoms. The molecule has 1 heterocycles. The van der Waals surface area contributed by atoms with Gasteiger partial charge in [0, 0.05) is 7.05 Å². The highest BCUT2D eigenvalue weighted by Crippen LogP contribution is 1.58. The van der Waals surface area contributed by atoms with Gasteiger partial charge in [-0.2, -0.15) is 0 Å². The molecule has 3 nitrogen and oxygen atoms in total. The predicted molar refractivity (Wildman–Crippen MR) is 45.6 cm³/mol. The van der Waals surface area contributed by atoms with E-state index in [1.165, 1.54) is 0 Å². The second-order valence-corrected chi connectivity index (χ2v) is 2.37. The number of hydrogen-bond donors (Lipinski definition) is 1. The van der Waals surface area contributed by atoms with Crippen LogP contribution in [0, 0.1) is 0 Å². The van der Waals surface area contributed by atoms with Crippen molar-refractivity contribution in [2.75, 3.05) is 0 Å². The normalized spacial score (nSPS) is 14.5. The predicted octanol–water partition coefficient (Wildman–Crippen LogP) is -0.686. The number of nitrogens with zero attached hydrogens (tertiary/aromatic N) is 1. The summed E-state index contributed by atoms with van der Waals surface area (Å²) >= 11 is 0. The molecule has 1 N–H and O–H groups in total. The first-order valence-corrected chi connectivity index (χ1v) is 3.58. The first-order chi connectivity index (χ1) is 5.20. The molecule has 0 saturated heterocycles. The standard InChI is InChI=1S/C8H12N2O/c1-4-6-7(5-2)10(3)8(11)9-6/h4-5H,1-3H3,(H,9,11)/b6-4+,7-5+. The average molecular weight is 152 g/mol. The summed E-state index contributed by atoms with van der Waals surface area (Å²) in [6.07, 6.45) is 3.80. The minimum atomic E-state index is -0.0637. The smallest absolute Gasteiger partial charge is 0.306 e. The van der Waals surface area contributed by atoms with Crippen molar-refractivity contribution < 1.29 is 0 Å². The summed E-state index contributed by atoms with van der Waals surface area (Å²) in [5, 5.41) is 1.83. The molecule has 0 aliphatic carbocycles. The van der Waals surface area contributed by atoms with Gasteiger partial charge in [-0.3, -0.25) is 4.57 Å². The minimum Gasteiger partial charge on any atom is -0.306 e. The van der Waals surface area contributed by atoms with E-state index in [2.05, 4.69) is 4.98 Å². The van der Waals surface area contributed by atoms with Crippen LogP contribution in [0.2, 0.25) is 0 Å². The lowest BCUT2D eigenvalue weighted by Gasteiger charge is -1.84. The Labute approximate surface area is 64.7 Å². The fraction of sp³-hybridized carbons (Fsp3) is 0.375. The number of aromatic nitrogens is 2. The van der Waals surface area contributed by atoms with Crippen LogP contribution in [0.15, 0.2) is 4.79 Å². The summed E-state index contributed by atoms with van der Waals surface area (Å²) < 4.78 is 1.59. The molecule has 60 valence electrons. The maximum absolute atomic E-state index is 11.0. The summed E-state index contributed by atoms with van der Waals surface area (Å²) in [6, 6.07) is 0. The maximum atomic E-state index is 11.0. The molecule has 0 atom stereocenters. The van der Waals surface area contributed by atoms with Crippen molar-refractivity contribution >= 4 is 12.2 Å². The topological polar surface area (TPSA) is 37.8 Å². The van der Waals surface area contributed by atoms with E-state index in [1.807, 2.05) is 26.0 Å². The molecule has 0 saturated carbocycles. The molecule has 3 heteroatoms. The van der Waals surface area contributed by atoms with E-state index in [9.17, 15) is 4.79 Å². The SMILES string of the molecule is C/C=c1/[nH]c(=O)n(C)/c1=C/C. The molecule has 1 rings (SSSR count). The van der Waals surface area contributed by atoms with Gasteiger partial charge in [-0.25, -0.2) is 4.79 Å². The van der Waals surface area contributed by atoms with Crippen LogP contribution in [0.4, 0.5) is 0 Å². The molecule has 0 aromatic carbocycles. The summed E-state index contributed by atoms with van der Waals surface area (Å²) in [4.78, 5) is 13.8. The molecule has 0 fully saturated rings. The van der Waals surface area contributed by atoms with E-state index < -0.39 is 0 Å². The Bertz CT molecular complexity index is 408. The van der Waals surface area contributed by atoms with Crippen LogP contribution < -0.4 is 16.4 Å². The Morgan fingerprint density at radius 1 is 1.36 bits per heavy atom. The lowest BCUT2D eigenvalue weighted by molar-refractivity contribution is 0.835. The van der Waals surface area contributed by atoms with Crippen LogP contribution in [0.5, 0.6) is 0 Å². The quantitative estimate of drug-likeness (QED) is 0.525. The lowest BCUT2D eigenvalue weighted by atomic mass is 10.4. The zero-order valence-electron chi connectivity index (χ0n) is 7.01. The summed E-state index contributed by atoms with van der Waals surface area (Å²) in [5.74, 6) is 0. The van der Waals surface area contributed by atoms with Crippen LogP contribution in [0.3, 0.4) is 0 Å². The Balaban J connectivity index is 3.82. The molecule has 0 bridgehead atoms. The van der Waals surface area contributed by atoms with Gasteiger partial charge in [0.15, 0.2) is 0 Å². The monoisotopic (exact) mass is 152 g/mol. The van der Waals surface area contributed by atoms with Gasteiger partial charge in [0.05, 0.1) is 10.7 Å². The second kappa shape index (κ2) is 2.78. The van der Waals surface area contributed by atoms with Gasteiger partial charge in [-0.1, -0.05) is 12.2 Å². The van der Waals surface area contributed by atoms with Crippen molar-refractivity contribution in [2.24, 2.45) is 7.05 Å². The summed E-state index contributed by atoms with van der Waals surface area (Å²) in [5.41, 5.74) is -0.0637. The molecule has 0 unspecified atom stereocenters. The Kier molecular flexibility index (Phi) is 1.98. The second-order valence-electron chi connectivity index (χ2n) is 2.37. The molecule has 1 aromatic heterocycles. The molecule has 1 aromatic rings. The van der Waals surface area contributed by atoms with Crippen molar-refractivity contribution in [1.29, 1.82) is 0 Å². The van der Waals surface area contributed by atoms with Gasteiger partial charge in [-0.15, -0.1) is 0 Å². The molecule has 0 aliphatic rings. The number of rotatable bonds is 0. The first-order valence-electron chi connectivity index (χ1n) is 3.58. The van der Waals surface area contributed by atoms with Crippen LogP contribution in [-0.4, -0.2) is 9.55 Å². The zero-order valence-corrected chi connectivity index (χ0v) is 7.01. The molecular weight excluding hydrogens is 140 g/mol. The van der Waals surface area contributed by atoms with Gasteiger partial charge in [0.2, 0.25) is 0 Å². The van der Waals surface area contributed by atoms with Crippen molar-refractivity contribution in [1.82, 2.24) is 9.55 Å². The van der Waals surface area contributed by atoms with Crippen LogP contribution in [0.1, 0.15) is 13.8 Å². The lowest BCUT2D eigenvalue weighted by Crippen LogP contribution is -2.29. The third-order valence-electron chi connectivity index (χ3n) is 1.75. The van der Waals surface area contributed by atoms with Crippen molar-refractivity contribution in [3.8, 4) is 0 Å². The van der Waals surface area contributed by atoms with E-state index in [-0.39, 0.29) is 5.69 Å². The first kappa shape index (κ1) is 7.85. The number of H-pyrrole nitrogens is 1. The third-order valence-corrected chi connectivity index (χ3v) is 1.75. The van der Waals surface area contributed by atoms with E-state index in [0.29, 0.717) is 0 Å². The Morgan fingerprint density at radius 3 is 2.36 bits per heavy atom. The molecule has 0 amide bonds. The number of nitrogens with one attached hydrogen (secondary N) is 1. The highest BCUT2D eigenvalue weighted by atomic mass is 16.1. The Morgan fingerprint density at radius 2 is 2.00 bits per heavy atom. The number of hydrogen-bond acceptors (Lipinski definition) is 1. The van der Waals surface area contributed by atoms with Crippen LogP contribution in [-0.2, 0) is 7.05 Å². The van der Waals surface area contributed by atoms with Crippen molar-refractivity contribution in [3.63, 3.8) is 0 Å². The third kappa shape index (κ3) is 1.13. The van der Waals surface area contributed by atoms with Gasteiger partial charge in [0.25, 0.3) is 0 Å². The Hall–Kier alpha value is -1.25. The molecular formula is C8H12N2O. The molecule has 0 spiro atoms. The van der Waals surface area contributed by atoms with Gasteiger partial charge >= 0.3 is 5.69 Å². The highest BCUT2D eigenvalue weighted by Gasteiger charge is 1.93. The summed E-state index contributed by atoms with van der Waals surface area (Å²) in [6.45, 7) is 3.81. The maximum Gasteiger partial charge on any atom is 0.326 e. The highest BCUT2D eigenvalue weighted by molar-refractivity contribution is 5.21. The summed E-state index contributed by atoms with van der Waals surface area (Å²) in [7, 11) is 1.75. The van der Waals surface area contributed by atoms with E-state index in [0.717, 1.165) is 10.7 Å². The number of imidazole rings is 1. The average Bonchev–Trinajstić information content (AvgIpc) is 2.28. The van der Waals surface area contributed by atoms with E-state index >= 15 is 0 Å². The van der Waals surface area contributed by atoms with Crippen molar-refractivity contribution in [2.45, 2.75) is 13.8 Å². The fourth-order valence-electron chi connectivity index (χ4n) is 1.12. The van der Waals surface area contributed by atoms with Crippen LogP contribution in [0.25, 0.3) is 12.2 Å². The number of aromatic amines is 1. The van der Waals surface area contributed by atoms with Gasteiger partial charge in [-0.05, 0) is 13.8 Å². The molecule has 0 aliphatic heterocycles.